The second kappa shape index (κ2) is 9.32. The molecule has 0 radical (unpaired) electrons. The van der Waals surface area contributed by atoms with Gasteiger partial charge in [-0.05, 0) is 24.6 Å². The minimum atomic E-state index is -0.141. The Labute approximate surface area is 151 Å². The van der Waals surface area contributed by atoms with Gasteiger partial charge >= 0.3 is 0 Å². The van der Waals surface area contributed by atoms with Gasteiger partial charge in [0.1, 0.15) is 6.54 Å². The monoisotopic (exact) mass is 444 g/mol. The summed E-state index contributed by atoms with van der Waals surface area (Å²) >= 11 is 12.0. The van der Waals surface area contributed by atoms with Crippen LogP contribution < -0.4 is 11.1 Å². The molecule has 0 bridgehead atoms. The predicted molar refractivity (Wildman–Crippen MR) is 98.6 cm³/mol. The molecule has 21 heavy (non-hydrogen) atoms. The first-order valence-corrected chi connectivity index (χ1v) is 6.78. The fraction of sp³-hybridized carbons (Fsp3) is 0.385. The highest BCUT2D eigenvalue weighted by molar-refractivity contribution is 14.0. The number of amides is 1. The van der Waals surface area contributed by atoms with Gasteiger partial charge in [0.15, 0.2) is 5.96 Å². The highest BCUT2D eigenvalue weighted by Crippen LogP contribution is 2.25. The summed E-state index contributed by atoms with van der Waals surface area (Å²) in [5, 5.41) is 4.10. The molecule has 0 aliphatic carbocycles. The molecule has 0 aromatic heterocycles. The summed E-state index contributed by atoms with van der Waals surface area (Å²) in [6.07, 6.45) is 0. The van der Waals surface area contributed by atoms with Crippen molar-refractivity contribution >= 4 is 59.0 Å². The van der Waals surface area contributed by atoms with Gasteiger partial charge in [0.05, 0.1) is 6.04 Å². The van der Waals surface area contributed by atoms with Crippen LogP contribution in [-0.4, -0.2) is 37.4 Å². The molecule has 0 spiro atoms. The van der Waals surface area contributed by atoms with E-state index in [4.69, 9.17) is 28.9 Å². The minimum Gasteiger partial charge on any atom is -0.370 e. The number of hydrogen-bond acceptors (Lipinski definition) is 2. The fourth-order valence-electron chi connectivity index (χ4n) is 1.49. The van der Waals surface area contributed by atoms with Crippen molar-refractivity contribution in [1.29, 1.82) is 0 Å². The van der Waals surface area contributed by atoms with Crippen LogP contribution in [0.4, 0.5) is 0 Å². The molecule has 1 amide bonds. The van der Waals surface area contributed by atoms with Gasteiger partial charge in [-0.2, -0.15) is 0 Å². The van der Waals surface area contributed by atoms with Crippen LogP contribution in [-0.2, 0) is 4.79 Å². The lowest BCUT2D eigenvalue weighted by Gasteiger charge is -2.16. The zero-order chi connectivity index (χ0) is 15.3. The molecule has 8 heteroatoms. The summed E-state index contributed by atoms with van der Waals surface area (Å²) in [6, 6.07) is 5.10. The average Bonchev–Trinajstić information content (AvgIpc) is 2.35. The Morgan fingerprint density at radius 2 is 2.05 bits per heavy atom. The molecule has 0 aliphatic rings. The van der Waals surface area contributed by atoms with E-state index in [1.165, 1.54) is 4.90 Å². The van der Waals surface area contributed by atoms with E-state index in [-0.39, 0.29) is 48.4 Å². The first-order valence-electron chi connectivity index (χ1n) is 6.02. The topological polar surface area (TPSA) is 70.7 Å². The van der Waals surface area contributed by atoms with Crippen molar-refractivity contribution in [3.8, 4) is 0 Å². The molecule has 1 rings (SSSR count). The summed E-state index contributed by atoms with van der Waals surface area (Å²) in [5.41, 5.74) is 6.59. The number of carbonyl (C=O) groups excluding carboxylic acids is 1. The number of aliphatic imine (C=N–C) groups is 1. The van der Waals surface area contributed by atoms with Crippen molar-refractivity contribution in [3.63, 3.8) is 0 Å². The van der Waals surface area contributed by atoms with Crippen LogP contribution in [0.3, 0.4) is 0 Å². The Morgan fingerprint density at radius 3 is 2.57 bits per heavy atom. The van der Waals surface area contributed by atoms with Gasteiger partial charge in [0.25, 0.3) is 0 Å². The first-order chi connectivity index (χ1) is 9.31. The van der Waals surface area contributed by atoms with Gasteiger partial charge in [-0.3, -0.25) is 4.79 Å². The minimum absolute atomic E-state index is 0. The van der Waals surface area contributed by atoms with E-state index >= 15 is 0 Å². The molecule has 0 fully saturated rings. The molecule has 0 saturated heterocycles. The van der Waals surface area contributed by atoms with Gasteiger partial charge < -0.3 is 16.0 Å². The lowest BCUT2D eigenvalue weighted by Crippen LogP contribution is -2.35. The lowest BCUT2D eigenvalue weighted by atomic mass is 10.1. The fourth-order valence-corrected chi connectivity index (χ4v) is 2.06. The summed E-state index contributed by atoms with van der Waals surface area (Å²) < 4.78 is 0. The van der Waals surface area contributed by atoms with Crippen molar-refractivity contribution in [2.75, 3.05) is 20.6 Å². The summed E-state index contributed by atoms with van der Waals surface area (Å²) in [4.78, 5) is 16.8. The molecule has 0 aliphatic heterocycles. The van der Waals surface area contributed by atoms with Crippen molar-refractivity contribution in [2.24, 2.45) is 10.7 Å². The van der Waals surface area contributed by atoms with Crippen molar-refractivity contribution in [2.45, 2.75) is 13.0 Å². The van der Waals surface area contributed by atoms with E-state index in [1.807, 2.05) is 13.0 Å². The normalized spacial score (nSPS) is 12.3. The Balaban J connectivity index is 0.00000400. The van der Waals surface area contributed by atoms with E-state index in [2.05, 4.69) is 10.3 Å². The van der Waals surface area contributed by atoms with Gasteiger partial charge in [-0.25, -0.2) is 4.99 Å². The van der Waals surface area contributed by atoms with Gasteiger partial charge in [0.2, 0.25) is 5.91 Å². The van der Waals surface area contributed by atoms with Crippen molar-refractivity contribution < 1.29 is 4.79 Å². The Kier molecular flexibility index (Phi) is 9.00. The SMILES string of the molecule is CC(NC(N)=NCC(=O)N(C)C)c1ccc(Cl)cc1Cl.I. The molecule has 0 saturated carbocycles. The Bertz CT molecular complexity index is 523. The number of nitrogens with zero attached hydrogens (tertiary/aromatic N) is 2. The number of benzene rings is 1. The van der Waals surface area contributed by atoms with Crippen LogP contribution in [0.15, 0.2) is 23.2 Å². The van der Waals surface area contributed by atoms with Crippen LogP contribution in [0, 0.1) is 0 Å². The number of likely N-dealkylation sites (N-methyl/N-ethyl adjacent to an activating group) is 1. The van der Waals surface area contributed by atoms with E-state index in [0.29, 0.717) is 10.0 Å². The maximum atomic E-state index is 11.4. The molecule has 3 N–H and O–H groups in total. The molecule has 1 unspecified atom stereocenters. The van der Waals surface area contributed by atoms with E-state index in [0.717, 1.165) is 5.56 Å². The predicted octanol–water partition coefficient (Wildman–Crippen LogP) is 2.66. The van der Waals surface area contributed by atoms with Crippen LogP contribution in [0.1, 0.15) is 18.5 Å². The first kappa shape index (κ1) is 20.3. The molecule has 1 atom stereocenters. The number of nitrogens with one attached hydrogen (secondary N) is 1. The van der Waals surface area contributed by atoms with Crippen molar-refractivity contribution in [3.05, 3.63) is 33.8 Å². The maximum Gasteiger partial charge on any atom is 0.243 e. The standard InChI is InChI=1S/C13H18Cl2N4O.HI/c1-8(10-5-4-9(14)6-11(10)15)18-13(16)17-7-12(20)19(2)3;/h4-6,8H,7H2,1-3H3,(H3,16,17,18);1H. The second-order valence-electron chi connectivity index (χ2n) is 4.52. The van der Waals surface area contributed by atoms with Crippen LogP contribution >= 0.6 is 47.2 Å². The Morgan fingerprint density at radius 1 is 1.43 bits per heavy atom. The van der Waals surface area contributed by atoms with Gasteiger partial charge in [0, 0.05) is 24.1 Å². The van der Waals surface area contributed by atoms with Crippen molar-refractivity contribution in [1.82, 2.24) is 10.2 Å². The largest absolute Gasteiger partial charge is 0.370 e. The summed E-state index contributed by atoms with van der Waals surface area (Å²) in [6.45, 7) is 1.90. The highest BCUT2D eigenvalue weighted by atomic mass is 127. The Hall–Kier alpha value is -0.730. The van der Waals surface area contributed by atoms with Crippen LogP contribution in [0.5, 0.6) is 0 Å². The molecule has 1 aromatic carbocycles. The average molecular weight is 445 g/mol. The number of halogens is 3. The molecule has 0 heterocycles. The molecular formula is C13H19Cl2IN4O. The zero-order valence-electron chi connectivity index (χ0n) is 12.1. The quantitative estimate of drug-likeness (QED) is 0.426. The van der Waals surface area contributed by atoms with Crippen LogP contribution in [0.25, 0.3) is 0 Å². The van der Waals surface area contributed by atoms with Gasteiger partial charge in [-0.15, -0.1) is 24.0 Å². The number of carbonyl (C=O) groups is 1. The number of guanidine groups is 1. The van der Waals surface area contributed by atoms with Crippen LogP contribution in [0.2, 0.25) is 10.0 Å². The maximum absolute atomic E-state index is 11.4. The summed E-state index contributed by atoms with van der Waals surface area (Å²) in [5.74, 6) is 0.0747. The molecule has 118 valence electrons. The number of hydrogen-bond donors (Lipinski definition) is 2. The third kappa shape index (κ3) is 6.71. The number of nitrogens with two attached hydrogens (primary N) is 1. The highest BCUT2D eigenvalue weighted by Gasteiger charge is 2.11. The second-order valence-corrected chi connectivity index (χ2v) is 5.37. The molecular weight excluding hydrogens is 426 g/mol. The lowest BCUT2D eigenvalue weighted by molar-refractivity contribution is -0.127. The summed E-state index contributed by atoms with van der Waals surface area (Å²) in [7, 11) is 3.33. The van der Waals surface area contributed by atoms with E-state index in [1.54, 1.807) is 26.2 Å². The smallest absolute Gasteiger partial charge is 0.243 e. The van der Waals surface area contributed by atoms with E-state index < -0.39 is 0 Å². The third-order valence-corrected chi connectivity index (χ3v) is 3.24. The van der Waals surface area contributed by atoms with E-state index in [9.17, 15) is 4.79 Å². The van der Waals surface area contributed by atoms with Gasteiger partial charge in [-0.1, -0.05) is 29.3 Å². The zero-order valence-corrected chi connectivity index (χ0v) is 15.9. The third-order valence-electron chi connectivity index (χ3n) is 2.68. The molecule has 1 aromatic rings. The number of rotatable bonds is 4. The molecule has 5 nitrogen and oxygen atoms in total.